The van der Waals surface area contributed by atoms with Gasteiger partial charge in [-0.1, -0.05) is 6.07 Å². The van der Waals surface area contributed by atoms with E-state index in [-0.39, 0.29) is 11.9 Å². The number of amides is 1. The summed E-state index contributed by atoms with van der Waals surface area (Å²) in [5.41, 5.74) is 0.483. The maximum absolute atomic E-state index is 12.4. The zero-order chi connectivity index (χ0) is 15.7. The van der Waals surface area contributed by atoms with Gasteiger partial charge in [-0.15, -0.1) is 11.3 Å². The van der Waals surface area contributed by atoms with Crippen LogP contribution in [-0.2, 0) is 15.1 Å². The van der Waals surface area contributed by atoms with E-state index >= 15 is 0 Å². The highest BCUT2D eigenvalue weighted by molar-refractivity contribution is 7.17. The molecule has 116 valence electrons. The molecule has 1 atom stereocenters. The minimum atomic E-state index is -0.548. The molecule has 1 aliphatic rings. The average Bonchev–Trinajstić information content (AvgIpc) is 2.93. The lowest BCUT2D eigenvalue weighted by molar-refractivity contribution is -0.131. The fraction of sp³-hybridized carbons (Fsp3) is 0.375. The number of hydrogen-bond acceptors (Lipinski definition) is 4. The van der Waals surface area contributed by atoms with E-state index in [1.54, 1.807) is 18.4 Å². The van der Waals surface area contributed by atoms with Gasteiger partial charge in [0.05, 0.1) is 25.1 Å². The third kappa shape index (κ3) is 2.60. The lowest BCUT2D eigenvalue weighted by Crippen LogP contribution is -2.60. The van der Waals surface area contributed by atoms with Crippen molar-refractivity contribution >= 4 is 33.3 Å². The van der Waals surface area contributed by atoms with Gasteiger partial charge < -0.3 is 10.1 Å². The quantitative estimate of drug-likeness (QED) is 0.910. The lowest BCUT2D eigenvalue weighted by Gasteiger charge is -2.41. The smallest absolute Gasteiger partial charge is 0.232 e. The predicted octanol–water partition coefficient (Wildman–Crippen LogP) is 2.52. The van der Waals surface area contributed by atoms with E-state index in [9.17, 15) is 4.79 Å². The van der Waals surface area contributed by atoms with E-state index in [1.165, 1.54) is 15.0 Å². The summed E-state index contributed by atoms with van der Waals surface area (Å²) < 4.78 is 6.23. The Balaban J connectivity index is 1.87. The average molecular weight is 317 g/mol. The maximum atomic E-state index is 12.4. The van der Waals surface area contributed by atoms with Gasteiger partial charge in [0.1, 0.15) is 0 Å². The van der Waals surface area contributed by atoms with E-state index in [0.717, 1.165) is 5.56 Å². The third-order valence-electron chi connectivity index (χ3n) is 4.08. The molecule has 1 aromatic heterocycles. The molecule has 5 nitrogen and oxygen atoms in total. The molecule has 0 saturated carbocycles. The Labute approximate surface area is 133 Å². The van der Waals surface area contributed by atoms with Crippen molar-refractivity contribution in [3.05, 3.63) is 35.2 Å². The second-order valence-electron chi connectivity index (χ2n) is 5.69. The van der Waals surface area contributed by atoms with Crippen LogP contribution < -0.4 is 5.32 Å². The van der Waals surface area contributed by atoms with Crippen LogP contribution >= 0.6 is 11.3 Å². The highest BCUT2D eigenvalue weighted by Gasteiger charge is 2.39. The summed E-state index contributed by atoms with van der Waals surface area (Å²) in [6.07, 6.45) is 0.328. The van der Waals surface area contributed by atoms with E-state index in [1.807, 2.05) is 13.0 Å². The Morgan fingerprint density at radius 1 is 1.45 bits per heavy atom. The van der Waals surface area contributed by atoms with Crippen LogP contribution in [0.15, 0.2) is 29.6 Å². The molecule has 1 saturated heterocycles. The first kappa shape index (κ1) is 15.0. The molecule has 0 radical (unpaired) electrons. The first-order chi connectivity index (χ1) is 10.5. The molecule has 2 N–H and O–H groups in total. The van der Waals surface area contributed by atoms with Gasteiger partial charge in [-0.2, -0.15) is 0 Å². The molecule has 0 aliphatic carbocycles. The SMILES string of the molecule is COCCN1C(=N)NC(C)(c2ccc3sccc3c2)CC1=O. The number of thiophene rings is 1. The zero-order valence-corrected chi connectivity index (χ0v) is 13.5. The standard InChI is InChI=1S/C16H19N3O2S/c1-16(12-3-4-13-11(9-12)5-8-22-13)10-14(20)19(6-7-21-2)15(17)18-16/h3-5,8-9H,6-7,10H2,1-2H3,(H2,17,18). The van der Waals surface area contributed by atoms with Crippen molar-refractivity contribution in [2.75, 3.05) is 20.3 Å². The first-order valence-electron chi connectivity index (χ1n) is 7.17. The lowest BCUT2D eigenvalue weighted by atomic mass is 9.86. The molecular formula is C16H19N3O2S. The van der Waals surface area contributed by atoms with Gasteiger partial charge in [-0.25, -0.2) is 0 Å². The molecular weight excluding hydrogens is 298 g/mol. The number of benzene rings is 1. The zero-order valence-electron chi connectivity index (χ0n) is 12.7. The van der Waals surface area contributed by atoms with Crippen LogP contribution in [0.3, 0.4) is 0 Å². The number of ether oxygens (including phenoxy) is 1. The van der Waals surface area contributed by atoms with Gasteiger partial charge in [0.2, 0.25) is 5.91 Å². The molecule has 0 bridgehead atoms. The van der Waals surface area contributed by atoms with E-state index in [2.05, 4.69) is 28.9 Å². The van der Waals surface area contributed by atoms with Crippen LogP contribution in [-0.4, -0.2) is 37.0 Å². The monoisotopic (exact) mass is 317 g/mol. The molecule has 2 heterocycles. The molecule has 3 rings (SSSR count). The molecule has 6 heteroatoms. The number of methoxy groups -OCH3 is 1. The molecule has 2 aromatic rings. The second-order valence-corrected chi connectivity index (χ2v) is 6.64. The Hall–Kier alpha value is -1.92. The number of hydrogen-bond donors (Lipinski definition) is 2. The van der Waals surface area contributed by atoms with Gasteiger partial charge in [0.15, 0.2) is 5.96 Å². The van der Waals surface area contributed by atoms with Crippen molar-refractivity contribution in [2.45, 2.75) is 18.9 Å². The number of nitrogens with zero attached hydrogens (tertiary/aromatic N) is 1. The van der Waals surface area contributed by atoms with Gasteiger partial charge in [0, 0.05) is 11.8 Å². The molecule has 0 spiro atoms. The summed E-state index contributed by atoms with van der Waals surface area (Å²) in [5.74, 6) is 0.0925. The fourth-order valence-corrected chi connectivity index (χ4v) is 3.57. The first-order valence-corrected chi connectivity index (χ1v) is 8.05. The maximum Gasteiger partial charge on any atom is 0.232 e. The van der Waals surface area contributed by atoms with Crippen molar-refractivity contribution in [3.63, 3.8) is 0 Å². The molecule has 1 aliphatic heterocycles. The summed E-state index contributed by atoms with van der Waals surface area (Å²) in [4.78, 5) is 13.8. The normalized spacial score (nSPS) is 22.2. The fourth-order valence-electron chi connectivity index (χ4n) is 2.80. The highest BCUT2D eigenvalue weighted by Crippen LogP contribution is 2.32. The van der Waals surface area contributed by atoms with Gasteiger partial charge >= 0.3 is 0 Å². The number of fused-ring (bicyclic) bond motifs is 1. The summed E-state index contributed by atoms with van der Waals surface area (Å²) >= 11 is 1.70. The Morgan fingerprint density at radius 3 is 3.00 bits per heavy atom. The number of carbonyl (C=O) groups is 1. The van der Waals surface area contributed by atoms with Crippen molar-refractivity contribution in [1.29, 1.82) is 5.41 Å². The number of carbonyl (C=O) groups excluding carboxylic acids is 1. The van der Waals surface area contributed by atoms with Crippen LogP contribution in [0.2, 0.25) is 0 Å². The Kier molecular flexibility index (Phi) is 3.88. The minimum Gasteiger partial charge on any atom is -0.383 e. The van der Waals surface area contributed by atoms with Crippen molar-refractivity contribution in [2.24, 2.45) is 0 Å². The van der Waals surface area contributed by atoms with E-state index in [0.29, 0.717) is 19.6 Å². The molecule has 1 aromatic carbocycles. The van der Waals surface area contributed by atoms with Crippen LogP contribution in [0.1, 0.15) is 18.9 Å². The van der Waals surface area contributed by atoms with Crippen molar-refractivity contribution in [1.82, 2.24) is 10.2 Å². The van der Waals surface area contributed by atoms with Crippen LogP contribution in [0.25, 0.3) is 10.1 Å². The van der Waals surface area contributed by atoms with Crippen LogP contribution in [0, 0.1) is 5.41 Å². The largest absolute Gasteiger partial charge is 0.383 e. The minimum absolute atomic E-state index is 0.0475. The van der Waals surface area contributed by atoms with Gasteiger partial charge in [0.25, 0.3) is 0 Å². The Bertz CT molecular complexity index is 707. The number of guanidine groups is 1. The molecule has 22 heavy (non-hydrogen) atoms. The topological polar surface area (TPSA) is 65.4 Å². The second kappa shape index (κ2) is 5.70. The predicted molar refractivity (Wildman–Crippen MR) is 88.2 cm³/mol. The van der Waals surface area contributed by atoms with E-state index < -0.39 is 5.54 Å². The molecule has 1 fully saturated rings. The summed E-state index contributed by atoms with van der Waals surface area (Å²) in [5, 5.41) is 14.6. The molecule has 1 unspecified atom stereocenters. The number of rotatable bonds is 4. The van der Waals surface area contributed by atoms with Crippen molar-refractivity contribution < 1.29 is 9.53 Å². The van der Waals surface area contributed by atoms with Crippen LogP contribution in [0.5, 0.6) is 0 Å². The summed E-state index contributed by atoms with van der Waals surface area (Å²) in [6.45, 7) is 2.80. The van der Waals surface area contributed by atoms with Crippen LogP contribution in [0.4, 0.5) is 0 Å². The Morgan fingerprint density at radius 2 is 2.27 bits per heavy atom. The van der Waals surface area contributed by atoms with Gasteiger partial charge in [-0.3, -0.25) is 15.1 Å². The molecule has 1 amide bonds. The van der Waals surface area contributed by atoms with Crippen molar-refractivity contribution in [3.8, 4) is 0 Å². The van der Waals surface area contributed by atoms with Gasteiger partial charge in [-0.05, 0) is 41.5 Å². The summed E-state index contributed by atoms with van der Waals surface area (Å²) in [7, 11) is 1.59. The third-order valence-corrected chi connectivity index (χ3v) is 4.98. The van der Waals surface area contributed by atoms with E-state index in [4.69, 9.17) is 10.1 Å². The summed E-state index contributed by atoms with van der Waals surface area (Å²) in [6, 6.07) is 8.29. The number of nitrogens with one attached hydrogen (secondary N) is 2. The highest BCUT2D eigenvalue weighted by atomic mass is 32.1.